The van der Waals surface area contributed by atoms with Gasteiger partial charge in [-0.15, -0.1) is 17.0 Å². The van der Waals surface area contributed by atoms with Gasteiger partial charge in [-0.25, -0.2) is 4.98 Å². The molecule has 5 heterocycles. The number of alkyl halides is 3. The van der Waals surface area contributed by atoms with Crippen LogP contribution in [0.5, 0.6) is 11.5 Å². The molecule has 360 valence electrons. The molecule has 70 heavy (non-hydrogen) atoms. The van der Waals surface area contributed by atoms with E-state index in [2.05, 4.69) is 49.6 Å². The summed E-state index contributed by atoms with van der Waals surface area (Å²) in [5.41, 5.74) is 12.5. The Bertz CT molecular complexity index is 2740. The van der Waals surface area contributed by atoms with Gasteiger partial charge in [0.2, 0.25) is 0 Å². The van der Waals surface area contributed by atoms with Crippen LogP contribution in [0.15, 0.2) is 115 Å². The van der Waals surface area contributed by atoms with Crippen LogP contribution in [0.4, 0.5) is 13.2 Å². The number of halogens is 3. The zero-order valence-electron chi connectivity index (χ0n) is 36.8. The Hall–Kier alpha value is -7.70. The Morgan fingerprint density at radius 2 is 1.29 bits per heavy atom. The van der Waals surface area contributed by atoms with E-state index in [9.17, 15) is 32.3 Å². The smallest absolute Gasteiger partial charge is 0.753 e. The van der Waals surface area contributed by atoms with E-state index in [1.807, 2.05) is 5.38 Å². The first kappa shape index (κ1) is 56.6. The molecule has 0 aliphatic rings. The second-order valence-electron chi connectivity index (χ2n) is 13.8. The molecule has 21 heteroatoms. The van der Waals surface area contributed by atoms with E-state index in [-0.39, 0.29) is 49.6 Å². The first-order valence-electron chi connectivity index (χ1n) is 20.3. The first-order valence-corrected chi connectivity index (χ1v) is 21.6. The quantitative estimate of drug-likeness (QED) is 0.0177. The van der Waals surface area contributed by atoms with Crippen LogP contribution in [-0.2, 0) is 54.6 Å². The second kappa shape index (κ2) is 29.9. The average Bonchev–Trinajstić information content (AvgIpc) is 3.82. The van der Waals surface area contributed by atoms with Gasteiger partial charge in [0, 0.05) is 35.2 Å². The molecule has 0 unspecified atom stereocenters. The van der Waals surface area contributed by atoms with Gasteiger partial charge < -0.3 is 30.1 Å². The summed E-state index contributed by atoms with van der Waals surface area (Å²) in [5.74, 6) is 0.315. The van der Waals surface area contributed by atoms with Crippen LogP contribution in [0.1, 0.15) is 55.0 Å². The average molecular weight is 1080 g/mol. The predicted octanol–water partition coefficient (Wildman–Crippen LogP) is 11.8. The van der Waals surface area contributed by atoms with Gasteiger partial charge in [0.1, 0.15) is 17.2 Å². The minimum absolute atomic E-state index is 0. The standard InChI is InChI=1S/C29H19N3O8.C19H21F3N3S.CNS.Ru/c33-16-37-7-3-20-1-5-30-26(9-20)28-13-23(22-11-24(39-18-35)15-25(12-22)40-19-36)14-29(32-28)27-10-21(2-6-31-27)4-8-38-17-34;1-2-3-4-5-6-13-8-10-26-18(13)14-7-9-25-16(11-14)15(23)12-17(24)19(20,21)22;2-1-3;/h1-19H;7-12,23-24H,2-6H2,1H3;;/q;2*-1;+2/b7-3+,8-4+;15-12-,24-17?;;. The maximum Gasteiger partial charge on any atom is 2.00 e. The number of hydrogen-bond acceptors (Lipinski definition) is 15. The van der Waals surface area contributed by atoms with Crippen LogP contribution < -0.4 is 9.47 Å². The zero-order chi connectivity index (χ0) is 50.0. The zero-order valence-corrected chi connectivity index (χ0v) is 40.1. The maximum atomic E-state index is 12.5. The van der Waals surface area contributed by atoms with Crippen LogP contribution in [0.25, 0.3) is 73.3 Å². The normalized spacial score (nSPS) is 10.8. The number of isothiocyanates is 1. The van der Waals surface area contributed by atoms with E-state index >= 15 is 0 Å². The number of thiocarbonyl (C=S) groups is 1. The summed E-state index contributed by atoms with van der Waals surface area (Å²) < 4.78 is 56.7. The number of allylic oxidation sites excluding steroid dienone is 1. The number of aromatic nitrogens is 4. The van der Waals surface area contributed by atoms with E-state index in [0.717, 1.165) is 23.3 Å². The number of benzene rings is 1. The fourth-order valence-electron chi connectivity index (χ4n) is 6.17. The molecule has 0 saturated heterocycles. The van der Waals surface area contributed by atoms with Crippen molar-refractivity contribution < 1.29 is 70.8 Å². The number of carbonyl (C=O) groups is 4. The van der Waals surface area contributed by atoms with Crippen molar-refractivity contribution in [1.29, 1.82) is 5.41 Å². The van der Waals surface area contributed by atoms with Gasteiger partial charge in [-0.3, -0.25) is 39.5 Å². The summed E-state index contributed by atoms with van der Waals surface area (Å²) in [7, 11) is 0. The van der Waals surface area contributed by atoms with Crippen molar-refractivity contribution in [3.8, 4) is 55.8 Å². The molecule has 6 rings (SSSR count). The Kier molecular flexibility index (Phi) is 24.2. The minimum atomic E-state index is -4.76. The van der Waals surface area contributed by atoms with E-state index in [0.29, 0.717) is 64.0 Å². The molecule has 0 fully saturated rings. The molecule has 2 N–H and O–H groups in total. The summed E-state index contributed by atoms with van der Waals surface area (Å²) >= 11 is 5.27. The number of rotatable bonds is 21. The monoisotopic (exact) mass is 1080 g/mol. The Labute approximate surface area is 422 Å². The van der Waals surface area contributed by atoms with Crippen LogP contribution in [0.2, 0.25) is 0 Å². The maximum absolute atomic E-state index is 12.5. The molecule has 5 aromatic heterocycles. The number of nitrogens with one attached hydrogen (secondary N) is 2. The van der Waals surface area contributed by atoms with E-state index in [1.54, 1.807) is 96.5 Å². The van der Waals surface area contributed by atoms with Crippen LogP contribution in [0.3, 0.4) is 0 Å². The molecule has 0 aliphatic carbocycles. The third-order valence-corrected chi connectivity index (χ3v) is 10.2. The molecule has 0 spiro atoms. The van der Waals surface area contributed by atoms with Gasteiger partial charge >= 0.3 is 25.7 Å². The van der Waals surface area contributed by atoms with E-state index in [1.165, 1.54) is 54.8 Å². The van der Waals surface area contributed by atoms with Crippen molar-refractivity contribution in [2.24, 2.45) is 0 Å². The van der Waals surface area contributed by atoms with E-state index in [4.69, 9.17) is 31.0 Å². The Morgan fingerprint density at radius 1 is 0.743 bits per heavy atom. The molecule has 0 saturated carbocycles. The molecular formula is C49H40F3N7O8RuS2. The Morgan fingerprint density at radius 3 is 1.80 bits per heavy atom. The van der Waals surface area contributed by atoms with Crippen LogP contribution >= 0.6 is 23.6 Å². The van der Waals surface area contributed by atoms with Gasteiger partial charge in [-0.1, -0.05) is 38.4 Å². The van der Waals surface area contributed by atoms with Crippen molar-refractivity contribution in [2.45, 2.75) is 45.2 Å². The summed E-state index contributed by atoms with van der Waals surface area (Å²) in [5, 5.41) is 17.5. The summed E-state index contributed by atoms with van der Waals surface area (Å²) in [6.07, 6.45) is 11.7. The molecule has 0 amide bonds. The minimum Gasteiger partial charge on any atom is -0.753 e. The number of unbranched alkanes of at least 4 members (excludes halogenated alkanes) is 3. The molecule has 15 nitrogen and oxygen atoms in total. The van der Waals surface area contributed by atoms with Crippen molar-refractivity contribution in [1.82, 2.24) is 19.9 Å². The number of carbonyl (C=O) groups excluding carboxylic acids is 4. The largest absolute Gasteiger partial charge is 2.00 e. The number of pyridine rings is 4. The second-order valence-corrected chi connectivity index (χ2v) is 14.9. The molecular weight excluding hydrogens is 1040 g/mol. The number of aryl methyl sites for hydroxylation is 1. The van der Waals surface area contributed by atoms with Crippen molar-refractivity contribution in [2.75, 3.05) is 0 Å². The SMILES string of the molecule is CCCCCCc1ccsc1-c1ccnc(/C([NH-])=C/C(=N)C(F)(F)F)c1.O=CO/C=C/c1ccnc(-c2cc(-c3cc(OC=O)cc(OC=O)c3)cc(-c3cc(/C=C/OC=O)ccn3)n2)c1.[N-]=C=S.[Ru+2]. The van der Waals surface area contributed by atoms with Gasteiger partial charge in [0.05, 0.1) is 35.3 Å². The van der Waals surface area contributed by atoms with Crippen molar-refractivity contribution in [3.05, 3.63) is 149 Å². The number of thiophene rings is 1. The summed E-state index contributed by atoms with van der Waals surface area (Å²) in [6, 6.07) is 20.5. The molecule has 0 atom stereocenters. The number of ether oxygens (including phenoxy) is 4. The molecule has 6 aromatic rings. The van der Waals surface area contributed by atoms with Crippen molar-refractivity contribution in [3.63, 3.8) is 0 Å². The predicted molar refractivity (Wildman–Crippen MR) is 259 cm³/mol. The summed E-state index contributed by atoms with van der Waals surface area (Å²) in [4.78, 5) is 61.6. The topological polar surface area (TPSA) is 227 Å². The fraction of sp³-hybridized carbons (Fsp3) is 0.143. The molecule has 0 radical (unpaired) electrons. The molecule has 0 aliphatic heterocycles. The van der Waals surface area contributed by atoms with Gasteiger partial charge in [0.15, 0.2) is 0 Å². The van der Waals surface area contributed by atoms with E-state index < -0.39 is 17.6 Å². The van der Waals surface area contributed by atoms with Gasteiger partial charge in [-0.2, -0.15) is 18.3 Å². The van der Waals surface area contributed by atoms with Crippen LogP contribution in [0, 0.1) is 5.41 Å². The molecule has 1 aromatic carbocycles. The van der Waals surface area contributed by atoms with Gasteiger partial charge in [-0.05, 0) is 137 Å². The summed E-state index contributed by atoms with van der Waals surface area (Å²) in [6.45, 7) is 3.31. The Balaban J connectivity index is 0.000000374. The van der Waals surface area contributed by atoms with Crippen molar-refractivity contribution >= 4 is 78.2 Å². The number of nitrogens with zero attached hydrogens (tertiary/aromatic N) is 5. The third-order valence-electron chi connectivity index (χ3n) is 9.23. The van der Waals surface area contributed by atoms with Gasteiger partial charge in [0.25, 0.3) is 25.9 Å². The first-order chi connectivity index (χ1) is 33.4. The molecule has 0 bridgehead atoms. The number of hydrogen-bond donors (Lipinski definition) is 1. The third kappa shape index (κ3) is 18.1. The fourth-order valence-corrected chi connectivity index (χ4v) is 7.13. The van der Waals surface area contributed by atoms with Crippen LogP contribution in [-0.4, -0.2) is 62.9 Å².